The van der Waals surface area contributed by atoms with Gasteiger partial charge in [-0.2, -0.15) is 0 Å². The molecule has 24 heavy (non-hydrogen) atoms. The van der Waals surface area contributed by atoms with Gasteiger partial charge < -0.3 is 15.8 Å². The Morgan fingerprint density at radius 2 is 1.75 bits per heavy atom. The lowest BCUT2D eigenvalue weighted by molar-refractivity contribution is 0.0951. The molecule has 2 aromatic rings. The van der Waals surface area contributed by atoms with Crippen molar-refractivity contribution >= 4 is 18.3 Å². The van der Waals surface area contributed by atoms with Crippen molar-refractivity contribution in [2.75, 3.05) is 6.54 Å². The molecule has 2 atom stereocenters. The molecule has 0 saturated heterocycles. The Labute approximate surface area is 149 Å². The number of halogens is 1. The first kappa shape index (κ1) is 20.0. The van der Waals surface area contributed by atoms with E-state index in [2.05, 4.69) is 12.2 Å². The Hall–Kier alpha value is -2.04. The van der Waals surface area contributed by atoms with Crippen LogP contribution in [0, 0.1) is 0 Å². The number of nitrogens with one attached hydrogen (secondary N) is 1. The van der Waals surface area contributed by atoms with E-state index >= 15 is 0 Å². The van der Waals surface area contributed by atoms with Crippen molar-refractivity contribution in [2.45, 2.75) is 32.4 Å². The third kappa shape index (κ3) is 5.87. The topological polar surface area (TPSA) is 64.3 Å². The molecule has 0 radical (unpaired) electrons. The number of amides is 1. The van der Waals surface area contributed by atoms with E-state index in [1.54, 1.807) is 12.1 Å². The zero-order valence-electron chi connectivity index (χ0n) is 14.1. The fourth-order valence-electron chi connectivity index (χ4n) is 2.12. The summed E-state index contributed by atoms with van der Waals surface area (Å²) in [4.78, 5) is 12.2. The molecule has 0 heterocycles. The summed E-state index contributed by atoms with van der Waals surface area (Å²) in [6, 6.07) is 16.7. The van der Waals surface area contributed by atoms with E-state index in [1.807, 2.05) is 49.4 Å². The molecule has 1 amide bonds. The summed E-state index contributed by atoms with van der Waals surface area (Å²) >= 11 is 0. The van der Waals surface area contributed by atoms with Gasteiger partial charge in [0.2, 0.25) is 0 Å². The monoisotopic (exact) mass is 348 g/mol. The van der Waals surface area contributed by atoms with Gasteiger partial charge in [0.15, 0.2) is 0 Å². The zero-order valence-corrected chi connectivity index (χ0v) is 14.9. The molecular weight excluding hydrogens is 324 g/mol. The van der Waals surface area contributed by atoms with E-state index in [0.717, 1.165) is 17.7 Å². The fraction of sp³-hybridized carbons (Fsp3) is 0.316. The molecule has 0 bridgehead atoms. The normalized spacial score (nSPS) is 12.6. The maximum Gasteiger partial charge on any atom is 0.251 e. The van der Waals surface area contributed by atoms with Crippen molar-refractivity contribution in [3.63, 3.8) is 0 Å². The molecule has 2 aromatic carbocycles. The molecule has 2 unspecified atom stereocenters. The quantitative estimate of drug-likeness (QED) is 0.801. The van der Waals surface area contributed by atoms with E-state index in [0.29, 0.717) is 12.1 Å². The fourth-order valence-corrected chi connectivity index (χ4v) is 2.12. The average Bonchev–Trinajstić information content (AvgIpc) is 2.60. The van der Waals surface area contributed by atoms with Gasteiger partial charge in [0.05, 0.1) is 6.10 Å². The van der Waals surface area contributed by atoms with Crippen LogP contribution in [0.2, 0.25) is 0 Å². The van der Waals surface area contributed by atoms with Crippen LogP contribution in [0.4, 0.5) is 0 Å². The lowest BCUT2D eigenvalue weighted by Crippen LogP contribution is -2.31. The van der Waals surface area contributed by atoms with Crippen LogP contribution in [0.15, 0.2) is 54.6 Å². The molecule has 3 N–H and O–H groups in total. The number of rotatable bonds is 7. The molecule has 0 saturated carbocycles. The molecule has 0 spiro atoms. The molecule has 0 fully saturated rings. The second-order valence-corrected chi connectivity index (χ2v) is 5.59. The van der Waals surface area contributed by atoms with E-state index < -0.39 is 0 Å². The van der Waals surface area contributed by atoms with E-state index in [4.69, 9.17) is 10.5 Å². The molecule has 4 nitrogen and oxygen atoms in total. The summed E-state index contributed by atoms with van der Waals surface area (Å²) < 4.78 is 5.70. The lowest BCUT2D eigenvalue weighted by Gasteiger charge is -2.14. The highest BCUT2D eigenvalue weighted by molar-refractivity contribution is 5.94. The summed E-state index contributed by atoms with van der Waals surface area (Å²) in [7, 11) is 0. The summed E-state index contributed by atoms with van der Waals surface area (Å²) in [5.41, 5.74) is 7.68. The van der Waals surface area contributed by atoms with Crippen molar-refractivity contribution < 1.29 is 9.53 Å². The number of carbonyl (C=O) groups is 1. The van der Waals surface area contributed by atoms with Crippen LogP contribution in [-0.4, -0.2) is 18.6 Å². The van der Waals surface area contributed by atoms with E-state index in [-0.39, 0.29) is 30.5 Å². The van der Waals surface area contributed by atoms with Gasteiger partial charge in [0.1, 0.15) is 5.75 Å². The van der Waals surface area contributed by atoms with Gasteiger partial charge in [-0.15, -0.1) is 12.4 Å². The molecule has 0 aliphatic heterocycles. The summed E-state index contributed by atoms with van der Waals surface area (Å²) in [5.74, 6) is 0.642. The summed E-state index contributed by atoms with van der Waals surface area (Å²) in [6.45, 7) is 4.49. The second kappa shape index (κ2) is 9.96. The van der Waals surface area contributed by atoms with Gasteiger partial charge in [-0.25, -0.2) is 0 Å². The largest absolute Gasteiger partial charge is 0.491 e. The first-order chi connectivity index (χ1) is 11.1. The Balaban J connectivity index is 0.00000288. The average molecular weight is 349 g/mol. The van der Waals surface area contributed by atoms with Gasteiger partial charge in [-0.1, -0.05) is 37.3 Å². The van der Waals surface area contributed by atoms with Crippen LogP contribution in [0.25, 0.3) is 0 Å². The highest BCUT2D eigenvalue weighted by Crippen LogP contribution is 2.15. The molecule has 0 aliphatic rings. The molecule has 130 valence electrons. The van der Waals surface area contributed by atoms with Crippen molar-refractivity contribution in [1.29, 1.82) is 0 Å². The first-order valence-electron chi connectivity index (χ1n) is 7.95. The Morgan fingerprint density at radius 1 is 1.12 bits per heavy atom. The van der Waals surface area contributed by atoms with Crippen LogP contribution in [0.1, 0.15) is 42.2 Å². The molecule has 5 heteroatoms. The number of hydrogen-bond acceptors (Lipinski definition) is 3. The number of carbonyl (C=O) groups excluding carboxylic acids is 1. The third-order valence-corrected chi connectivity index (χ3v) is 3.74. The Kier molecular flexibility index (Phi) is 8.30. The predicted molar refractivity (Wildman–Crippen MR) is 99.8 cm³/mol. The maximum absolute atomic E-state index is 12.2. The zero-order chi connectivity index (χ0) is 16.7. The van der Waals surface area contributed by atoms with Gasteiger partial charge in [-0.05, 0) is 43.2 Å². The minimum absolute atomic E-state index is 0. The van der Waals surface area contributed by atoms with E-state index in [1.165, 1.54) is 0 Å². The highest BCUT2D eigenvalue weighted by Gasteiger charge is 2.10. The number of nitrogens with two attached hydrogens (primary N) is 1. The Bertz CT molecular complexity index is 617. The van der Waals surface area contributed by atoms with Crippen LogP contribution in [0.3, 0.4) is 0 Å². The third-order valence-electron chi connectivity index (χ3n) is 3.74. The maximum atomic E-state index is 12.2. The Morgan fingerprint density at radius 3 is 2.33 bits per heavy atom. The summed E-state index contributed by atoms with van der Waals surface area (Å²) in [6.07, 6.45) is 1.11. The minimum atomic E-state index is -0.215. The highest BCUT2D eigenvalue weighted by atomic mass is 35.5. The van der Waals surface area contributed by atoms with Crippen molar-refractivity contribution in [3.8, 4) is 5.75 Å². The smallest absolute Gasteiger partial charge is 0.251 e. The van der Waals surface area contributed by atoms with Gasteiger partial charge in [-0.3, -0.25) is 4.79 Å². The molecule has 0 aromatic heterocycles. The number of ether oxygens (including phenoxy) is 1. The van der Waals surface area contributed by atoms with Crippen molar-refractivity contribution in [2.24, 2.45) is 5.73 Å². The number of benzene rings is 2. The minimum Gasteiger partial charge on any atom is -0.491 e. The van der Waals surface area contributed by atoms with Crippen molar-refractivity contribution in [1.82, 2.24) is 5.32 Å². The van der Waals surface area contributed by atoms with Gasteiger partial charge >= 0.3 is 0 Å². The molecule has 0 aliphatic carbocycles. The second-order valence-electron chi connectivity index (χ2n) is 5.59. The van der Waals surface area contributed by atoms with Gasteiger partial charge in [0.25, 0.3) is 5.91 Å². The van der Waals surface area contributed by atoms with Crippen LogP contribution in [0.5, 0.6) is 5.75 Å². The van der Waals surface area contributed by atoms with Crippen LogP contribution < -0.4 is 15.8 Å². The standard InChI is InChI=1S/C19H24N2O2.ClH/c1-3-14(2)23-17-11-9-16(10-12-17)19(22)21-13-18(20)15-7-5-4-6-8-15;/h4-12,14,18H,3,13,20H2,1-2H3,(H,21,22);1H. The lowest BCUT2D eigenvalue weighted by atomic mass is 10.1. The van der Waals surface area contributed by atoms with Gasteiger partial charge in [0, 0.05) is 18.2 Å². The van der Waals surface area contributed by atoms with E-state index in [9.17, 15) is 4.79 Å². The summed E-state index contributed by atoms with van der Waals surface area (Å²) in [5, 5.41) is 2.86. The van der Waals surface area contributed by atoms with Crippen LogP contribution >= 0.6 is 12.4 Å². The molecule has 2 rings (SSSR count). The first-order valence-corrected chi connectivity index (χ1v) is 7.95. The molecular formula is C19H25ClN2O2. The SMILES string of the molecule is CCC(C)Oc1ccc(C(=O)NCC(N)c2ccccc2)cc1.Cl. The predicted octanol–water partition coefficient (Wildman–Crippen LogP) is 3.72. The van der Waals surface area contributed by atoms with Crippen molar-refractivity contribution in [3.05, 3.63) is 65.7 Å². The van der Waals surface area contributed by atoms with Crippen LogP contribution in [-0.2, 0) is 0 Å². The number of hydrogen-bond donors (Lipinski definition) is 2.